The average molecular weight is 392 g/mol. The van der Waals surface area contributed by atoms with E-state index in [-0.39, 0.29) is 0 Å². The molecule has 4 heteroatoms. The van der Waals surface area contributed by atoms with E-state index in [0.717, 1.165) is 12.0 Å². The van der Waals surface area contributed by atoms with Crippen LogP contribution in [-0.4, -0.2) is 11.9 Å². The summed E-state index contributed by atoms with van der Waals surface area (Å²) in [6.45, 7) is 5.61. The van der Waals surface area contributed by atoms with Crippen molar-refractivity contribution in [3.05, 3.63) is 72.3 Å². The molecule has 0 amide bonds. The van der Waals surface area contributed by atoms with Crippen LogP contribution < -0.4 is 9.47 Å². The summed E-state index contributed by atoms with van der Waals surface area (Å²) in [6.07, 6.45) is 8.82. The van der Waals surface area contributed by atoms with Gasteiger partial charge in [-0.2, -0.15) is 0 Å². The van der Waals surface area contributed by atoms with Crippen molar-refractivity contribution in [1.29, 1.82) is 0 Å². The molecule has 2 aromatic rings. The van der Waals surface area contributed by atoms with Crippen LogP contribution >= 0.6 is 0 Å². The van der Waals surface area contributed by atoms with Gasteiger partial charge in [0, 0.05) is 6.08 Å². The zero-order valence-electron chi connectivity index (χ0n) is 16.9. The highest BCUT2D eigenvalue weighted by atomic mass is 16.5. The number of esters is 2. The van der Waals surface area contributed by atoms with Crippen LogP contribution in [0.4, 0.5) is 0 Å². The Bertz CT molecular complexity index is 828. The number of benzene rings is 2. The van der Waals surface area contributed by atoms with Crippen LogP contribution in [0.3, 0.4) is 0 Å². The Labute approximate surface area is 172 Å². The molecule has 0 aliphatic heterocycles. The van der Waals surface area contributed by atoms with E-state index in [1.165, 1.54) is 44.1 Å². The van der Waals surface area contributed by atoms with Gasteiger partial charge >= 0.3 is 11.9 Å². The molecule has 3 rings (SSSR count). The van der Waals surface area contributed by atoms with Crippen molar-refractivity contribution in [2.45, 2.75) is 51.4 Å². The van der Waals surface area contributed by atoms with Gasteiger partial charge in [-0.05, 0) is 79.5 Å². The molecule has 0 saturated heterocycles. The second-order valence-electron chi connectivity index (χ2n) is 7.61. The first kappa shape index (κ1) is 20.8. The van der Waals surface area contributed by atoms with Gasteiger partial charge in [-0.1, -0.05) is 38.5 Å². The van der Waals surface area contributed by atoms with E-state index in [1.807, 2.05) is 12.1 Å². The third-order valence-electron chi connectivity index (χ3n) is 5.58. The molecule has 4 nitrogen and oxygen atoms in total. The third kappa shape index (κ3) is 5.80. The maximum Gasteiger partial charge on any atom is 0.343 e. The number of rotatable bonds is 7. The average Bonchev–Trinajstić information content (AvgIpc) is 2.75. The molecule has 0 spiro atoms. The summed E-state index contributed by atoms with van der Waals surface area (Å²) in [5.41, 5.74) is 1.72. The van der Waals surface area contributed by atoms with Gasteiger partial charge in [-0.25, -0.2) is 9.59 Å². The van der Waals surface area contributed by atoms with Crippen LogP contribution in [0.5, 0.6) is 11.5 Å². The summed E-state index contributed by atoms with van der Waals surface area (Å²) in [4.78, 5) is 23.5. The summed E-state index contributed by atoms with van der Waals surface area (Å²) < 4.78 is 10.5. The number of hydrogen-bond acceptors (Lipinski definition) is 4. The third-order valence-corrected chi connectivity index (χ3v) is 5.58. The van der Waals surface area contributed by atoms with Crippen molar-refractivity contribution in [1.82, 2.24) is 0 Å². The van der Waals surface area contributed by atoms with Gasteiger partial charge in [0.2, 0.25) is 0 Å². The van der Waals surface area contributed by atoms with Gasteiger partial charge in [0.05, 0.1) is 5.56 Å². The first-order valence-corrected chi connectivity index (χ1v) is 10.4. The maximum absolute atomic E-state index is 12.3. The zero-order valence-corrected chi connectivity index (χ0v) is 16.9. The summed E-state index contributed by atoms with van der Waals surface area (Å²) in [5.74, 6) is 1.39. The number of hydrogen-bond donors (Lipinski definition) is 0. The number of carbonyl (C=O) groups excluding carboxylic acids is 2. The van der Waals surface area contributed by atoms with Crippen molar-refractivity contribution >= 4 is 11.9 Å². The Morgan fingerprint density at radius 1 is 0.931 bits per heavy atom. The molecular formula is C25H28O4. The van der Waals surface area contributed by atoms with E-state index in [4.69, 9.17) is 9.47 Å². The maximum atomic E-state index is 12.3. The first-order valence-electron chi connectivity index (χ1n) is 10.4. The van der Waals surface area contributed by atoms with Gasteiger partial charge in [0.1, 0.15) is 11.5 Å². The summed E-state index contributed by atoms with van der Waals surface area (Å²) in [5, 5.41) is 0. The molecule has 2 aromatic carbocycles. The molecule has 29 heavy (non-hydrogen) atoms. The van der Waals surface area contributed by atoms with E-state index in [0.29, 0.717) is 23.0 Å². The molecule has 1 saturated carbocycles. The SMILES string of the molecule is C=CC(=O)Oc1ccc(C(=O)Oc2ccc(C3CCC(CCC)CC3)cc2)cc1. The van der Waals surface area contributed by atoms with Gasteiger partial charge in [-0.15, -0.1) is 0 Å². The lowest BCUT2D eigenvalue weighted by Crippen LogP contribution is -2.13. The van der Waals surface area contributed by atoms with Crippen molar-refractivity contribution in [3.8, 4) is 11.5 Å². The van der Waals surface area contributed by atoms with E-state index in [1.54, 1.807) is 24.3 Å². The molecule has 0 N–H and O–H groups in total. The summed E-state index contributed by atoms with van der Waals surface area (Å²) >= 11 is 0. The minimum Gasteiger partial charge on any atom is -0.423 e. The first-order chi connectivity index (χ1) is 14.1. The van der Waals surface area contributed by atoms with Crippen molar-refractivity contribution in [2.75, 3.05) is 0 Å². The predicted molar refractivity (Wildman–Crippen MR) is 113 cm³/mol. The Morgan fingerprint density at radius 2 is 1.52 bits per heavy atom. The largest absolute Gasteiger partial charge is 0.423 e. The van der Waals surface area contributed by atoms with Crippen LogP contribution in [0.25, 0.3) is 0 Å². The Kier molecular flexibility index (Phi) is 7.23. The van der Waals surface area contributed by atoms with Crippen LogP contribution in [0.15, 0.2) is 61.2 Å². The molecule has 0 aromatic heterocycles. The minimum atomic E-state index is -0.542. The fourth-order valence-electron chi connectivity index (χ4n) is 3.98. The molecule has 1 aliphatic rings. The topological polar surface area (TPSA) is 52.6 Å². The monoisotopic (exact) mass is 392 g/mol. The summed E-state index contributed by atoms with van der Waals surface area (Å²) in [6, 6.07) is 14.1. The zero-order chi connectivity index (χ0) is 20.6. The van der Waals surface area contributed by atoms with E-state index in [9.17, 15) is 9.59 Å². The fourth-order valence-corrected chi connectivity index (χ4v) is 3.98. The molecule has 0 bridgehead atoms. The highest BCUT2D eigenvalue weighted by Crippen LogP contribution is 2.37. The number of ether oxygens (including phenoxy) is 2. The Hall–Kier alpha value is -2.88. The molecule has 152 valence electrons. The van der Waals surface area contributed by atoms with Crippen LogP contribution in [0, 0.1) is 5.92 Å². The lowest BCUT2D eigenvalue weighted by molar-refractivity contribution is -0.128. The van der Waals surface area contributed by atoms with E-state index < -0.39 is 11.9 Å². The second kappa shape index (κ2) is 10.1. The second-order valence-corrected chi connectivity index (χ2v) is 7.61. The van der Waals surface area contributed by atoms with Crippen molar-refractivity contribution in [3.63, 3.8) is 0 Å². The van der Waals surface area contributed by atoms with Crippen LogP contribution in [0.2, 0.25) is 0 Å². The smallest absolute Gasteiger partial charge is 0.343 e. The predicted octanol–water partition coefficient (Wildman–Crippen LogP) is 6.07. The van der Waals surface area contributed by atoms with E-state index >= 15 is 0 Å². The minimum absolute atomic E-state index is 0.351. The normalized spacial score (nSPS) is 18.7. The fraction of sp³-hybridized carbons (Fsp3) is 0.360. The molecule has 0 atom stereocenters. The van der Waals surface area contributed by atoms with Crippen LogP contribution in [0.1, 0.15) is 67.3 Å². The lowest BCUT2D eigenvalue weighted by atomic mass is 9.77. The van der Waals surface area contributed by atoms with Crippen molar-refractivity contribution < 1.29 is 19.1 Å². The Balaban J connectivity index is 1.55. The Morgan fingerprint density at radius 3 is 2.10 bits per heavy atom. The summed E-state index contributed by atoms with van der Waals surface area (Å²) in [7, 11) is 0. The van der Waals surface area contributed by atoms with Gasteiger partial charge in [0.25, 0.3) is 0 Å². The molecule has 0 radical (unpaired) electrons. The lowest BCUT2D eigenvalue weighted by Gasteiger charge is -2.28. The standard InChI is InChI=1S/C25H28O4/c1-3-5-18-6-8-19(9-7-18)20-10-14-23(15-11-20)29-25(27)21-12-16-22(17-13-21)28-24(26)4-2/h4,10-19H,2-3,5-9H2,1H3. The molecule has 1 aliphatic carbocycles. The van der Waals surface area contributed by atoms with Gasteiger partial charge < -0.3 is 9.47 Å². The van der Waals surface area contributed by atoms with Gasteiger partial charge in [-0.3, -0.25) is 0 Å². The molecule has 0 unspecified atom stereocenters. The van der Waals surface area contributed by atoms with Crippen molar-refractivity contribution in [2.24, 2.45) is 5.92 Å². The molecular weight excluding hydrogens is 364 g/mol. The van der Waals surface area contributed by atoms with E-state index in [2.05, 4.69) is 25.6 Å². The number of carbonyl (C=O) groups is 2. The van der Waals surface area contributed by atoms with Crippen LogP contribution in [-0.2, 0) is 4.79 Å². The molecule has 1 fully saturated rings. The molecule has 0 heterocycles. The highest BCUT2D eigenvalue weighted by molar-refractivity contribution is 5.91. The quantitative estimate of drug-likeness (QED) is 0.326. The highest BCUT2D eigenvalue weighted by Gasteiger charge is 2.21. The van der Waals surface area contributed by atoms with Gasteiger partial charge in [0.15, 0.2) is 0 Å².